The number of hydrogen-bond acceptors (Lipinski definition) is 4. The number of benzene rings is 1. The molecule has 0 aliphatic carbocycles. The number of para-hydroxylation sites is 1. The van der Waals surface area contributed by atoms with Crippen LogP contribution in [0.2, 0.25) is 0 Å². The molecule has 1 amide bonds. The summed E-state index contributed by atoms with van der Waals surface area (Å²) in [7, 11) is 0. The van der Waals surface area contributed by atoms with Crippen LogP contribution in [-0.2, 0) is 4.74 Å². The van der Waals surface area contributed by atoms with E-state index in [4.69, 9.17) is 4.74 Å². The molecule has 1 aromatic carbocycles. The fourth-order valence-electron chi connectivity index (χ4n) is 2.59. The van der Waals surface area contributed by atoms with Gasteiger partial charge in [0, 0.05) is 19.2 Å². The highest BCUT2D eigenvalue weighted by molar-refractivity contribution is 5.92. The highest BCUT2D eigenvalue weighted by atomic mass is 16.5. The normalized spacial score (nSPS) is 18.0. The Kier molecular flexibility index (Phi) is 4.52. The quantitative estimate of drug-likeness (QED) is 0.861. The van der Waals surface area contributed by atoms with E-state index in [0.29, 0.717) is 25.4 Å². The molecular formula is C17H19N3O3. The van der Waals surface area contributed by atoms with E-state index in [1.165, 1.54) is 16.8 Å². The second-order valence-corrected chi connectivity index (χ2v) is 5.46. The molecule has 0 radical (unpaired) electrons. The summed E-state index contributed by atoms with van der Waals surface area (Å²) in [5, 5.41) is 4.24. The molecule has 120 valence electrons. The van der Waals surface area contributed by atoms with Crippen molar-refractivity contribution < 1.29 is 9.53 Å². The molecule has 0 saturated carbocycles. The van der Waals surface area contributed by atoms with Crippen LogP contribution in [0.15, 0.2) is 47.3 Å². The smallest absolute Gasteiger partial charge is 0.274 e. The monoisotopic (exact) mass is 313 g/mol. The third-order valence-corrected chi connectivity index (χ3v) is 3.90. The Bertz CT molecular complexity index is 742. The lowest BCUT2D eigenvalue weighted by molar-refractivity contribution is -0.0228. The van der Waals surface area contributed by atoms with Crippen LogP contribution in [0.3, 0.4) is 0 Å². The van der Waals surface area contributed by atoms with E-state index in [2.05, 4.69) is 5.10 Å². The third-order valence-electron chi connectivity index (χ3n) is 3.90. The molecule has 1 aliphatic rings. The second-order valence-electron chi connectivity index (χ2n) is 5.46. The molecule has 0 bridgehead atoms. The van der Waals surface area contributed by atoms with Crippen molar-refractivity contribution in [2.24, 2.45) is 0 Å². The minimum Gasteiger partial charge on any atom is -0.375 e. The molecule has 2 heterocycles. The Balaban J connectivity index is 1.89. The number of ether oxygens (including phenoxy) is 1. The van der Waals surface area contributed by atoms with Crippen LogP contribution < -0.4 is 5.56 Å². The molecule has 1 aromatic heterocycles. The first-order valence-corrected chi connectivity index (χ1v) is 7.75. The Morgan fingerprint density at radius 1 is 1.26 bits per heavy atom. The van der Waals surface area contributed by atoms with Gasteiger partial charge in [-0.15, -0.1) is 0 Å². The second kappa shape index (κ2) is 6.75. The van der Waals surface area contributed by atoms with Gasteiger partial charge < -0.3 is 9.64 Å². The summed E-state index contributed by atoms with van der Waals surface area (Å²) in [5.41, 5.74) is 0.645. The van der Waals surface area contributed by atoms with E-state index in [0.717, 1.165) is 6.42 Å². The molecule has 1 aliphatic heterocycles. The first-order valence-electron chi connectivity index (χ1n) is 7.75. The topological polar surface area (TPSA) is 64.4 Å². The van der Waals surface area contributed by atoms with Crippen molar-refractivity contribution in [3.63, 3.8) is 0 Å². The van der Waals surface area contributed by atoms with Crippen LogP contribution in [-0.4, -0.2) is 46.4 Å². The summed E-state index contributed by atoms with van der Waals surface area (Å²) < 4.78 is 6.84. The molecule has 1 fully saturated rings. The van der Waals surface area contributed by atoms with Crippen molar-refractivity contribution in [1.29, 1.82) is 0 Å². The highest BCUT2D eigenvalue weighted by Gasteiger charge is 2.25. The number of nitrogens with zero attached hydrogens (tertiary/aromatic N) is 3. The lowest BCUT2D eigenvalue weighted by atomic mass is 10.2. The van der Waals surface area contributed by atoms with Gasteiger partial charge in [0.15, 0.2) is 0 Å². The zero-order chi connectivity index (χ0) is 16.2. The van der Waals surface area contributed by atoms with Gasteiger partial charge in [-0.3, -0.25) is 9.59 Å². The van der Waals surface area contributed by atoms with Gasteiger partial charge in [0.25, 0.3) is 11.5 Å². The van der Waals surface area contributed by atoms with Crippen LogP contribution in [0.5, 0.6) is 0 Å². The molecule has 0 spiro atoms. The minimum atomic E-state index is -0.263. The first-order chi connectivity index (χ1) is 11.2. The largest absolute Gasteiger partial charge is 0.375 e. The maximum absolute atomic E-state index is 12.6. The van der Waals surface area contributed by atoms with Gasteiger partial charge in [-0.2, -0.15) is 9.78 Å². The molecule has 1 atom stereocenters. The van der Waals surface area contributed by atoms with E-state index < -0.39 is 0 Å². The fraction of sp³-hybridized carbons (Fsp3) is 0.353. The summed E-state index contributed by atoms with van der Waals surface area (Å²) in [5.74, 6) is -0.170. The van der Waals surface area contributed by atoms with Crippen molar-refractivity contribution >= 4 is 5.91 Å². The zero-order valence-corrected chi connectivity index (χ0v) is 13.0. The molecule has 2 aromatic rings. The Morgan fingerprint density at radius 2 is 2.04 bits per heavy atom. The van der Waals surface area contributed by atoms with E-state index in [1.54, 1.807) is 17.0 Å². The van der Waals surface area contributed by atoms with Crippen molar-refractivity contribution in [3.05, 3.63) is 58.5 Å². The summed E-state index contributed by atoms with van der Waals surface area (Å²) in [6.45, 7) is 3.66. The van der Waals surface area contributed by atoms with Crippen LogP contribution in [0.4, 0.5) is 0 Å². The number of carbonyl (C=O) groups excluding carboxylic acids is 1. The number of carbonyl (C=O) groups is 1. The number of hydrogen-bond donors (Lipinski definition) is 0. The van der Waals surface area contributed by atoms with Crippen molar-refractivity contribution in [2.45, 2.75) is 19.4 Å². The minimum absolute atomic E-state index is 0.0627. The highest BCUT2D eigenvalue weighted by Crippen LogP contribution is 2.11. The fourth-order valence-corrected chi connectivity index (χ4v) is 2.59. The first kappa shape index (κ1) is 15.4. The van der Waals surface area contributed by atoms with Crippen LogP contribution in [0.1, 0.15) is 23.8 Å². The maximum atomic E-state index is 12.6. The van der Waals surface area contributed by atoms with Crippen LogP contribution in [0, 0.1) is 0 Å². The van der Waals surface area contributed by atoms with Crippen molar-refractivity contribution in [1.82, 2.24) is 14.7 Å². The zero-order valence-electron chi connectivity index (χ0n) is 13.0. The van der Waals surface area contributed by atoms with E-state index in [-0.39, 0.29) is 23.3 Å². The summed E-state index contributed by atoms with van der Waals surface area (Å²) in [4.78, 5) is 26.4. The average Bonchev–Trinajstić information content (AvgIpc) is 2.62. The van der Waals surface area contributed by atoms with Crippen molar-refractivity contribution in [3.8, 4) is 5.69 Å². The molecule has 1 saturated heterocycles. The number of rotatable bonds is 3. The Hall–Kier alpha value is -2.47. The maximum Gasteiger partial charge on any atom is 0.274 e. The standard InChI is InChI=1S/C17H19N3O3/c1-2-14-12-19(10-11-23-14)17(22)15-8-9-16(21)20(18-15)13-6-4-3-5-7-13/h3-9,14H,2,10-12H2,1H3/t14-/m0/s1. The predicted octanol–water partition coefficient (Wildman–Crippen LogP) is 1.48. The molecule has 3 rings (SSSR count). The molecule has 6 nitrogen and oxygen atoms in total. The molecule has 6 heteroatoms. The van der Waals surface area contributed by atoms with Gasteiger partial charge in [-0.25, -0.2) is 0 Å². The Morgan fingerprint density at radius 3 is 2.78 bits per heavy atom. The lowest BCUT2D eigenvalue weighted by Crippen LogP contribution is -2.46. The number of amides is 1. The Labute approximate surface area is 134 Å². The van der Waals surface area contributed by atoms with Gasteiger partial charge in [-0.05, 0) is 24.6 Å². The van der Waals surface area contributed by atoms with Gasteiger partial charge >= 0.3 is 0 Å². The molecule has 0 unspecified atom stereocenters. The van der Waals surface area contributed by atoms with Gasteiger partial charge in [0.1, 0.15) is 5.69 Å². The van der Waals surface area contributed by atoms with Crippen molar-refractivity contribution in [2.75, 3.05) is 19.7 Å². The van der Waals surface area contributed by atoms with Gasteiger partial charge in [-0.1, -0.05) is 25.1 Å². The summed E-state index contributed by atoms with van der Waals surface area (Å²) in [6.07, 6.45) is 0.925. The van der Waals surface area contributed by atoms with E-state index >= 15 is 0 Å². The van der Waals surface area contributed by atoms with Crippen LogP contribution >= 0.6 is 0 Å². The number of aromatic nitrogens is 2. The van der Waals surface area contributed by atoms with Crippen LogP contribution in [0.25, 0.3) is 5.69 Å². The van der Waals surface area contributed by atoms with Gasteiger partial charge in [0.05, 0.1) is 18.4 Å². The predicted molar refractivity (Wildman–Crippen MR) is 85.8 cm³/mol. The SMILES string of the molecule is CC[C@H]1CN(C(=O)c2ccc(=O)n(-c3ccccc3)n2)CCO1. The van der Waals surface area contributed by atoms with E-state index in [9.17, 15) is 9.59 Å². The number of morpholine rings is 1. The molecular weight excluding hydrogens is 294 g/mol. The summed E-state index contributed by atoms with van der Waals surface area (Å²) in [6, 6.07) is 11.9. The van der Waals surface area contributed by atoms with Gasteiger partial charge in [0.2, 0.25) is 0 Å². The van der Waals surface area contributed by atoms with E-state index in [1.807, 2.05) is 25.1 Å². The molecule has 0 N–H and O–H groups in total. The third kappa shape index (κ3) is 3.32. The lowest BCUT2D eigenvalue weighted by Gasteiger charge is -2.32. The molecule has 23 heavy (non-hydrogen) atoms. The summed E-state index contributed by atoms with van der Waals surface area (Å²) >= 11 is 0. The average molecular weight is 313 g/mol.